The summed E-state index contributed by atoms with van der Waals surface area (Å²) < 4.78 is 1.97. The highest BCUT2D eigenvalue weighted by Crippen LogP contribution is 2.29. The minimum absolute atomic E-state index is 0.209. The van der Waals surface area contributed by atoms with Gasteiger partial charge in [-0.2, -0.15) is 0 Å². The molecule has 3 aromatic carbocycles. The summed E-state index contributed by atoms with van der Waals surface area (Å²) >= 11 is 7.94. The number of benzene rings is 3. The van der Waals surface area contributed by atoms with Crippen molar-refractivity contribution in [2.24, 2.45) is 0 Å². The van der Waals surface area contributed by atoms with E-state index in [1.54, 1.807) is 11.8 Å². The summed E-state index contributed by atoms with van der Waals surface area (Å²) in [6.45, 7) is 8.34. The third-order valence-corrected chi connectivity index (χ3v) is 7.20. The van der Waals surface area contributed by atoms with Gasteiger partial charge in [0.1, 0.15) is 0 Å². The zero-order chi connectivity index (χ0) is 24.9. The minimum atomic E-state index is -0.301. The monoisotopic (exact) mass is 505 g/mol. The highest BCUT2D eigenvalue weighted by Gasteiger charge is 2.18. The highest BCUT2D eigenvalue weighted by molar-refractivity contribution is 7.98. The summed E-state index contributed by atoms with van der Waals surface area (Å²) in [5.41, 5.74) is 7.33. The summed E-state index contributed by atoms with van der Waals surface area (Å²) in [6.07, 6.45) is 0. The number of hydrogen-bond acceptors (Lipinski definition) is 4. The molecule has 0 aliphatic heterocycles. The SMILES string of the molecule is Cc1ccccc1CSc1nnc(CNC(=O)Nc2cccc(C)c2C)n1-c1cc(Cl)ccc1C. The van der Waals surface area contributed by atoms with Gasteiger partial charge in [-0.25, -0.2) is 4.79 Å². The van der Waals surface area contributed by atoms with Crippen molar-refractivity contribution in [3.8, 4) is 5.69 Å². The molecule has 2 amide bonds. The summed E-state index contributed by atoms with van der Waals surface area (Å²) in [4.78, 5) is 12.7. The number of nitrogens with zero attached hydrogens (tertiary/aromatic N) is 3. The van der Waals surface area contributed by atoms with E-state index in [0.717, 1.165) is 39.0 Å². The van der Waals surface area contributed by atoms with Gasteiger partial charge in [-0.15, -0.1) is 10.2 Å². The average molecular weight is 506 g/mol. The van der Waals surface area contributed by atoms with Crippen LogP contribution in [0.3, 0.4) is 0 Å². The fraction of sp³-hybridized carbons (Fsp3) is 0.222. The number of amides is 2. The van der Waals surface area contributed by atoms with Gasteiger partial charge in [-0.3, -0.25) is 4.57 Å². The van der Waals surface area contributed by atoms with Crippen LogP contribution in [0.15, 0.2) is 65.8 Å². The van der Waals surface area contributed by atoms with Crippen LogP contribution >= 0.6 is 23.4 Å². The van der Waals surface area contributed by atoms with Crippen LogP contribution < -0.4 is 10.6 Å². The average Bonchev–Trinajstić information content (AvgIpc) is 3.24. The van der Waals surface area contributed by atoms with Crippen molar-refractivity contribution in [3.05, 3.63) is 99.3 Å². The van der Waals surface area contributed by atoms with Crippen LogP contribution in [0.4, 0.5) is 10.5 Å². The Kier molecular flexibility index (Phi) is 7.78. The molecule has 0 fully saturated rings. The first kappa shape index (κ1) is 24.8. The second kappa shape index (κ2) is 11.0. The summed E-state index contributed by atoms with van der Waals surface area (Å²) in [5, 5.41) is 16.1. The van der Waals surface area contributed by atoms with Crippen LogP contribution in [0, 0.1) is 27.7 Å². The minimum Gasteiger partial charge on any atom is -0.331 e. The Bertz CT molecular complexity index is 1370. The van der Waals surface area contributed by atoms with Crippen LogP contribution in [-0.2, 0) is 12.3 Å². The lowest BCUT2D eigenvalue weighted by molar-refractivity contribution is 0.251. The third-order valence-electron chi connectivity index (χ3n) is 5.99. The van der Waals surface area contributed by atoms with Crippen LogP contribution in [0.5, 0.6) is 0 Å². The van der Waals surface area contributed by atoms with E-state index in [0.29, 0.717) is 10.8 Å². The molecule has 35 heavy (non-hydrogen) atoms. The van der Waals surface area contributed by atoms with E-state index in [2.05, 4.69) is 39.9 Å². The second-order valence-electron chi connectivity index (χ2n) is 8.44. The van der Waals surface area contributed by atoms with Gasteiger partial charge in [0.05, 0.1) is 12.2 Å². The lowest BCUT2D eigenvalue weighted by Crippen LogP contribution is -2.29. The lowest BCUT2D eigenvalue weighted by atomic mass is 10.1. The largest absolute Gasteiger partial charge is 0.331 e. The maximum absolute atomic E-state index is 12.7. The Morgan fingerprint density at radius 2 is 1.71 bits per heavy atom. The van der Waals surface area contributed by atoms with Gasteiger partial charge in [0.15, 0.2) is 11.0 Å². The predicted molar refractivity (Wildman–Crippen MR) is 144 cm³/mol. The molecule has 4 aromatic rings. The van der Waals surface area contributed by atoms with Gasteiger partial charge in [0.2, 0.25) is 0 Å². The van der Waals surface area contributed by atoms with E-state index < -0.39 is 0 Å². The van der Waals surface area contributed by atoms with E-state index in [1.165, 1.54) is 11.1 Å². The zero-order valence-corrected chi connectivity index (χ0v) is 21.8. The van der Waals surface area contributed by atoms with Crippen molar-refractivity contribution < 1.29 is 4.79 Å². The normalized spacial score (nSPS) is 10.9. The van der Waals surface area contributed by atoms with Gasteiger partial charge in [0, 0.05) is 16.5 Å². The predicted octanol–water partition coefficient (Wildman–Crippen LogP) is 6.77. The number of aromatic nitrogens is 3. The number of carbonyl (C=O) groups excluding carboxylic acids is 1. The number of carbonyl (C=O) groups is 1. The van der Waals surface area contributed by atoms with Crippen molar-refractivity contribution in [2.75, 3.05) is 5.32 Å². The molecule has 8 heteroatoms. The molecule has 2 N–H and O–H groups in total. The number of thioether (sulfide) groups is 1. The molecule has 0 bridgehead atoms. The molecule has 6 nitrogen and oxygen atoms in total. The fourth-order valence-corrected chi connectivity index (χ4v) is 4.91. The standard InChI is InChI=1S/C27H28ClN5OS/c1-17-9-7-11-23(20(17)4)30-26(34)29-15-25-31-32-27(35-16-21-10-6-5-8-18(21)2)33(25)24-14-22(28)13-12-19(24)3/h5-14H,15-16H2,1-4H3,(H2,29,30,34). The second-order valence-corrected chi connectivity index (χ2v) is 9.81. The quantitative estimate of drug-likeness (QED) is 0.272. The zero-order valence-electron chi connectivity index (χ0n) is 20.2. The topological polar surface area (TPSA) is 71.8 Å². The number of urea groups is 1. The van der Waals surface area contributed by atoms with Crippen LogP contribution in [0.1, 0.15) is 33.6 Å². The molecule has 0 saturated carbocycles. The molecular weight excluding hydrogens is 478 g/mol. The molecule has 0 unspecified atom stereocenters. The van der Waals surface area contributed by atoms with Crippen LogP contribution in [-0.4, -0.2) is 20.8 Å². The van der Waals surface area contributed by atoms with E-state index >= 15 is 0 Å². The first-order valence-corrected chi connectivity index (χ1v) is 12.7. The Morgan fingerprint density at radius 3 is 2.51 bits per heavy atom. The van der Waals surface area contributed by atoms with Crippen molar-refractivity contribution >= 4 is 35.1 Å². The number of hydrogen-bond donors (Lipinski definition) is 2. The molecule has 180 valence electrons. The van der Waals surface area contributed by atoms with Crippen molar-refractivity contribution in [2.45, 2.75) is 45.1 Å². The number of aryl methyl sites for hydroxylation is 3. The maximum atomic E-state index is 12.7. The molecule has 0 saturated heterocycles. The number of nitrogens with one attached hydrogen (secondary N) is 2. The molecule has 0 aliphatic carbocycles. The van der Waals surface area contributed by atoms with Crippen molar-refractivity contribution in [3.63, 3.8) is 0 Å². The molecule has 1 aromatic heterocycles. The van der Waals surface area contributed by atoms with Gasteiger partial charge < -0.3 is 10.6 Å². The number of anilines is 1. The van der Waals surface area contributed by atoms with E-state index in [1.807, 2.05) is 73.9 Å². The van der Waals surface area contributed by atoms with Gasteiger partial charge >= 0.3 is 6.03 Å². The third kappa shape index (κ3) is 5.86. The van der Waals surface area contributed by atoms with E-state index in [-0.39, 0.29) is 12.6 Å². The summed E-state index contributed by atoms with van der Waals surface area (Å²) in [6, 6.07) is 19.6. The Labute approximate surface area is 215 Å². The molecule has 0 radical (unpaired) electrons. The van der Waals surface area contributed by atoms with Crippen molar-refractivity contribution in [1.82, 2.24) is 20.1 Å². The van der Waals surface area contributed by atoms with E-state index in [4.69, 9.17) is 11.6 Å². The van der Waals surface area contributed by atoms with Gasteiger partial charge in [-0.05, 0) is 73.7 Å². The summed E-state index contributed by atoms with van der Waals surface area (Å²) in [7, 11) is 0. The lowest BCUT2D eigenvalue weighted by Gasteiger charge is -2.15. The molecule has 1 heterocycles. The highest BCUT2D eigenvalue weighted by atomic mass is 35.5. The van der Waals surface area contributed by atoms with Gasteiger partial charge in [-0.1, -0.05) is 65.8 Å². The number of rotatable bonds is 7. The Balaban J connectivity index is 1.58. The molecule has 0 spiro atoms. The first-order valence-electron chi connectivity index (χ1n) is 11.3. The van der Waals surface area contributed by atoms with Crippen molar-refractivity contribution in [1.29, 1.82) is 0 Å². The molecular formula is C27H28ClN5OS. The van der Waals surface area contributed by atoms with Gasteiger partial charge in [0.25, 0.3) is 0 Å². The smallest absolute Gasteiger partial charge is 0.319 e. The maximum Gasteiger partial charge on any atom is 0.319 e. The van der Waals surface area contributed by atoms with E-state index in [9.17, 15) is 4.79 Å². The summed E-state index contributed by atoms with van der Waals surface area (Å²) in [5.74, 6) is 1.38. The molecule has 0 atom stereocenters. The molecule has 0 aliphatic rings. The Hall–Kier alpha value is -3.29. The molecule has 4 rings (SSSR count). The first-order chi connectivity index (χ1) is 16.8. The fourth-order valence-electron chi connectivity index (χ4n) is 3.70. The van der Waals surface area contributed by atoms with Crippen LogP contribution in [0.25, 0.3) is 5.69 Å². The Morgan fingerprint density at radius 1 is 0.943 bits per heavy atom. The number of halogens is 1. The van der Waals surface area contributed by atoms with Crippen LogP contribution in [0.2, 0.25) is 5.02 Å².